The molecule has 26 heavy (non-hydrogen) atoms. The standard InChI is InChI=1S/C19H18N2O4S/c1-3-24-16(22)12-26-18-14(11-20)10-15(19(23)25-4-2)17(21-18)13-8-6-5-7-9-13/h5-10H,3-4,12H2,1-2H3. The van der Waals surface area contributed by atoms with E-state index >= 15 is 0 Å². The second-order valence-corrected chi connectivity index (χ2v) is 5.99. The highest BCUT2D eigenvalue weighted by atomic mass is 32.2. The van der Waals surface area contributed by atoms with Crippen LogP contribution in [0.25, 0.3) is 11.3 Å². The van der Waals surface area contributed by atoms with Crippen molar-refractivity contribution in [3.05, 3.63) is 47.5 Å². The third kappa shape index (κ3) is 4.83. The van der Waals surface area contributed by atoms with Gasteiger partial charge in [-0.15, -0.1) is 0 Å². The lowest BCUT2D eigenvalue weighted by molar-refractivity contribution is -0.139. The summed E-state index contributed by atoms with van der Waals surface area (Å²) >= 11 is 1.10. The van der Waals surface area contributed by atoms with Crippen molar-refractivity contribution in [1.82, 2.24) is 4.98 Å². The quantitative estimate of drug-likeness (QED) is 0.545. The van der Waals surface area contributed by atoms with Gasteiger partial charge in [-0.25, -0.2) is 9.78 Å². The molecule has 0 N–H and O–H groups in total. The van der Waals surface area contributed by atoms with E-state index in [0.29, 0.717) is 10.7 Å². The van der Waals surface area contributed by atoms with E-state index in [9.17, 15) is 14.9 Å². The summed E-state index contributed by atoms with van der Waals surface area (Å²) in [6.45, 7) is 3.94. The predicted molar refractivity (Wildman–Crippen MR) is 97.7 cm³/mol. The van der Waals surface area contributed by atoms with Gasteiger partial charge < -0.3 is 9.47 Å². The second kappa shape index (κ2) is 9.59. The van der Waals surface area contributed by atoms with E-state index in [2.05, 4.69) is 4.98 Å². The Morgan fingerprint density at radius 1 is 1.15 bits per heavy atom. The van der Waals surface area contributed by atoms with Gasteiger partial charge in [-0.2, -0.15) is 5.26 Å². The van der Waals surface area contributed by atoms with Crippen LogP contribution in [-0.4, -0.2) is 35.9 Å². The van der Waals surface area contributed by atoms with Gasteiger partial charge in [-0.1, -0.05) is 42.1 Å². The van der Waals surface area contributed by atoms with Crippen LogP contribution in [0.15, 0.2) is 41.4 Å². The van der Waals surface area contributed by atoms with Crippen molar-refractivity contribution in [1.29, 1.82) is 5.26 Å². The first-order chi connectivity index (χ1) is 12.6. The highest BCUT2D eigenvalue weighted by Crippen LogP contribution is 2.29. The van der Waals surface area contributed by atoms with Crippen LogP contribution in [0.1, 0.15) is 29.8 Å². The van der Waals surface area contributed by atoms with E-state index < -0.39 is 5.97 Å². The first kappa shape index (κ1) is 19.5. The summed E-state index contributed by atoms with van der Waals surface area (Å²) in [5.41, 5.74) is 1.56. The average Bonchev–Trinajstić information content (AvgIpc) is 2.66. The maximum absolute atomic E-state index is 12.3. The molecule has 0 fully saturated rings. The molecule has 0 unspecified atom stereocenters. The molecule has 0 amide bonds. The van der Waals surface area contributed by atoms with Gasteiger partial charge in [0.05, 0.1) is 35.8 Å². The third-order valence-electron chi connectivity index (χ3n) is 3.28. The van der Waals surface area contributed by atoms with Crippen LogP contribution >= 0.6 is 11.8 Å². The van der Waals surface area contributed by atoms with Crippen LogP contribution in [0.5, 0.6) is 0 Å². The number of carbonyl (C=O) groups excluding carboxylic acids is 2. The van der Waals surface area contributed by atoms with Crippen molar-refractivity contribution in [2.45, 2.75) is 18.9 Å². The summed E-state index contributed by atoms with van der Waals surface area (Å²) in [4.78, 5) is 28.4. The van der Waals surface area contributed by atoms with Crippen molar-refractivity contribution < 1.29 is 19.1 Å². The Morgan fingerprint density at radius 2 is 1.85 bits per heavy atom. The number of nitrogens with zero attached hydrogens (tertiary/aromatic N) is 2. The minimum absolute atomic E-state index is 0.0303. The lowest BCUT2D eigenvalue weighted by Gasteiger charge is -2.12. The molecule has 0 aliphatic heterocycles. The molecule has 6 nitrogen and oxygen atoms in total. The molecule has 7 heteroatoms. The number of benzene rings is 1. The molecule has 0 saturated carbocycles. The number of hydrogen-bond donors (Lipinski definition) is 0. The SMILES string of the molecule is CCOC(=O)CSc1nc(-c2ccccc2)c(C(=O)OCC)cc1C#N. The van der Waals surface area contributed by atoms with Crippen molar-refractivity contribution in [2.75, 3.05) is 19.0 Å². The van der Waals surface area contributed by atoms with Crippen molar-refractivity contribution in [3.63, 3.8) is 0 Å². The highest BCUT2D eigenvalue weighted by Gasteiger charge is 2.20. The molecule has 0 bridgehead atoms. The highest BCUT2D eigenvalue weighted by molar-refractivity contribution is 7.99. The first-order valence-electron chi connectivity index (χ1n) is 8.06. The van der Waals surface area contributed by atoms with E-state index in [1.54, 1.807) is 13.8 Å². The van der Waals surface area contributed by atoms with Crippen LogP contribution in [-0.2, 0) is 14.3 Å². The topological polar surface area (TPSA) is 89.3 Å². The number of hydrogen-bond acceptors (Lipinski definition) is 7. The number of ether oxygens (including phenoxy) is 2. The molecule has 1 aromatic heterocycles. The molecule has 2 aromatic rings. The molecule has 0 aliphatic rings. The van der Waals surface area contributed by atoms with Gasteiger partial charge in [0.1, 0.15) is 11.1 Å². The third-order valence-corrected chi connectivity index (χ3v) is 4.25. The van der Waals surface area contributed by atoms with E-state index in [1.165, 1.54) is 6.07 Å². The fourth-order valence-corrected chi connectivity index (χ4v) is 2.95. The number of rotatable bonds is 7. The summed E-state index contributed by atoms with van der Waals surface area (Å²) in [5.74, 6) is -0.904. The Morgan fingerprint density at radius 3 is 2.46 bits per heavy atom. The minimum Gasteiger partial charge on any atom is -0.465 e. The fraction of sp³-hybridized carbons (Fsp3) is 0.263. The Bertz CT molecular complexity index is 831. The lowest BCUT2D eigenvalue weighted by Crippen LogP contribution is -2.10. The van der Waals surface area contributed by atoms with Gasteiger partial charge in [0.25, 0.3) is 0 Å². The van der Waals surface area contributed by atoms with Gasteiger partial charge >= 0.3 is 11.9 Å². The molecule has 0 radical (unpaired) electrons. The number of esters is 2. The Hall–Kier alpha value is -2.85. The lowest BCUT2D eigenvalue weighted by atomic mass is 10.0. The largest absolute Gasteiger partial charge is 0.465 e. The van der Waals surface area contributed by atoms with Crippen LogP contribution in [0, 0.1) is 11.3 Å². The molecule has 2 rings (SSSR count). The van der Waals surface area contributed by atoms with Crippen LogP contribution in [0.3, 0.4) is 0 Å². The molecule has 0 saturated heterocycles. The molecule has 134 valence electrons. The van der Waals surface area contributed by atoms with Gasteiger partial charge in [-0.3, -0.25) is 4.79 Å². The van der Waals surface area contributed by atoms with Crippen LogP contribution in [0.4, 0.5) is 0 Å². The number of carbonyl (C=O) groups is 2. The van der Waals surface area contributed by atoms with E-state index in [1.807, 2.05) is 36.4 Å². The second-order valence-electron chi connectivity index (χ2n) is 5.03. The number of aromatic nitrogens is 1. The van der Waals surface area contributed by atoms with E-state index in [-0.39, 0.29) is 36.1 Å². The van der Waals surface area contributed by atoms with Crippen LogP contribution in [0.2, 0.25) is 0 Å². The fourth-order valence-electron chi connectivity index (χ4n) is 2.20. The summed E-state index contributed by atoms with van der Waals surface area (Å²) in [7, 11) is 0. The molecule has 0 spiro atoms. The molecule has 1 heterocycles. The Kier molecular flexibility index (Phi) is 7.18. The number of nitriles is 1. The monoisotopic (exact) mass is 370 g/mol. The average molecular weight is 370 g/mol. The zero-order valence-corrected chi connectivity index (χ0v) is 15.3. The van der Waals surface area contributed by atoms with Gasteiger partial charge in [0.2, 0.25) is 0 Å². The maximum atomic E-state index is 12.3. The smallest absolute Gasteiger partial charge is 0.340 e. The molecule has 0 aliphatic carbocycles. The van der Waals surface area contributed by atoms with Crippen LogP contribution < -0.4 is 0 Å². The first-order valence-corrected chi connectivity index (χ1v) is 9.05. The maximum Gasteiger partial charge on any atom is 0.340 e. The normalized spacial score (nSPS) is 10.0. The minimum atomic E-state index is -0.544. The van der Waals surface area contributed by atoms with Gasteiger partial charge in [-0.05, 0) is 19.9 Å². The summed E-state index contributed by atoms with van der Waals surface area (Å²) in [5, 5.41) is 9.78. The van der Waals surface area contributed by atoms with Crippen molar-refractivity contribution in [2.24, 2.45) is 0 Å². The van der Waals surface area contributed by atoms with E-state index in [4.69, 9.17) is 9.47 Å². The zero-order chi connectivity index (χ0) is 18.9. The Balaban J connectivity index is 2.48. The van der Waals surface area contributed by atoms with Gasteiger partial charge in [0.15, 0.2) is 0 Å². The molecule has 0 atom stereocenters. The molecular weight excluding hydrogens is 352 g/mol. The predicted octanol–water partition coefficient (Wildman–Crippen LogP) is 3.45. The van der Waals surface area contributed by atoms with Crippen molar-refractivity contribution in [3.8, 4) is 17.3 Å². The molecular formula is C19H18N2O4S. The summed E-state index contributed by atoms with van der Waals surface area (Å²) in [6, 6.07) is 12.6. The zero-order valence-electron chi connectivity index (χ0n) is 14.5. The van der Waals surface area contributed by atoms with E-state index in [0.717, 1.165) is 17.3 Å². The molecule has 1 aromatic carbocycles. The van der Waals surface area contributed by atoms with Gasteiger partial charge in [0, 0.05) is 5.56 Å². The number of thioether (sulfide) groups is 1. The Labute approximate surface area is 156 Å². The summed E-state index contributed by atoms with van der Waals surface area (Å²) < 4.78 is 9.99. The van der Waals surface area contributed by atoms with Crippen molar-refractivity contribution >= 4 is 23.7 Å². The number of pyridine rings is 1. The summed E-state index contributed by atoms with van der Waals surface area (Å²) in [6.07, 6.45) is 0.